The Kier molecular flexibility index (Phi) is 7.67. The molecule has 1 heterocycles. The first-order valence-corrected chi connectivity index (χ1v) is 10.0. The molecule has 7 heteroatoms. The van der Waals surface area contributed by atoms with E-state index in [2.05, 4.69) is 0 Å². The Hall–Kier alpha value is -3.32. The number of aliphatic hydroxyl groups excluding tert-OH is 1. The van der Waals surface area contributed by atoms with E-state index in [4.69, 9.17) is 18.9 Å². The summed E-state index contributed by atoms with van der Waals surface area (Å²) in [5.74, 6) is -1.44. The standard InChI is InChI=1S/C24H26O7/c1-28-20-11-7-6-10-17(20)19-14-21(24(27)30-15-16-8-4-3-5-9-16)31-23(26)18(19)12-13-22(25)29-2/h3-11,14,18-19,23,26H,12-13,15H2,1-2H3/t18-,19-,23+/m1/s1. The van der Waals surface area contributed by atoms with E-state index in [1.54, 1.807) is 19.3 Å². The number of methoxy groups -OCH3 is 2. The van der Waals surface area contributed by atoms with Gasteiger partial charge in [0.05, 0.1) is 14.2 Å². The lowest BCUT2D eigenvalue weighted by molar-refractivity contribution is -0.162. The SMILES string of the molecule is COC(=O)CC[C@@H]1[C@@H](c2ccccc2OC)C=C(C(=O)OCc2ccccc2)O[C@@H]1O. The summed E-state index contributed by atoms with van der Waals surface area (Å²) in [6.45, 7) is 0.0849. The monoisotopic (exact) mass is 426 g/mol. The fourth-order valence-electron chi connectivity index (χ4n) is 3.60. The van der Waals surface area contributed by atoms with Crippen LogP contribution < -0.4 is 4.74 Å². The van der Waals surface area contributed by atoms with Crippen molar-refractivity contribution >= 4 is 11.9 Å². The summed E-state index contributed by atoms with van der Waals surface area (Å²) < 4.78 is 21.0. The first kappa shape index (κ1) is 22.4. The van der Waals surface area contributed by atoms with E-state index in [1.807, 2.05) is 48.5 Å². The molecule has 0 aliphatic carbocycles. The van der Waals surface area contributed by atoms with Crippen molar-refractivity contribution in [1.29, 1.82) is 0 Å². The number of rotatable bonds is 8. The average molecular weight is 426 g/mol. The average Bonchev–Trinajstić information content (AvgIpc) is 2.81. The van der Waals surface area contributed by atoms with Crippen LogP contribution in [0.15, 0.2) is 66.4 Å². The van der Waals surface area contributed by atoms with Crippen molar-refractivity contribution in [2.75, 3.05) is 14.2 Å². The van der Waals surface area contributed by atoms with Gasteiger partial charge in [-0.05, 0) is 24.1 Å². The number of carbonyl (C=O) groups excluding carboxylic acids is 2. The molecule has 0 unspecified atom stereocenters. The summed E-state index contributed by atoms with van der Waals surface area (Å²) >= 11 is 0. The molecule has 1 aliphatic rings. The first-order valence-electron chi connectivity index (χ1n) is 10.0. The second-order valence-corrected chi connectivity index (χ2v) is 7.15. The van der Waals surface area contributed by atoms with Crippen LogP contribution in [0.3, 0.4) is 0 Å². The molecule has 2 aromatic carbocycles. The Labute approximate surface area is 181 Å². The fraction of sp³-hybridized carbons (Fsp3) is 0.333. The molecule has 0 fully saturated rings. The summed E-state index contributed by atoms with van der Waals surface area (Å²) in [6, 6.07) is 16.6. The van der Waals surface area contributed by atoms with E-state index < -0.39 is 24.1 Å². The van der Waals surface area contributed by atoms with Crippen LogP contribution in [-0.2, 0) is 30.4 Å². The molecule has 31 heavy (non-hydrogen) atoms. The minimum Gasteiger partial charge on any atom is -0.496 e. The fourth-order valence-corrected chi connectivity index (χ4v) is 3.60. The van der Waals surface area contributed by atoms with Crippen molar-refractivity contribution in [2.45, 2.75) is 31.7 Å². The molecule has 0 bridgehead atoms. The number of allylic oxidation sites excluding steroid dienone is 1. The number of ether oxygens (including phenoxy) is 4. The minimum atomic E-state index is -1.30. The van der Waals surface area contributed by atoms with Crippen molar-refractivity contribution in [3.63, 3.8) is 0 Å². The smallest absolute Gasteiger partial charge is 0.373 e. The molecule has 164 valence electrons. The van der Waals surface area contributed by atoms with Gasteiger partial charge in [0, 0.05) is 23.8 Å². The van der Waals surface area contributed by atoms with Crippen molar-refractivity contribution < 1.29 is 33.6 Å². The van der Waals surface area contributed by atoms with Gasteiger partial charge in [-0.15, -0.1) is 0 Å². The highest BCUT2D eigenvalue weighted by Crippen LogP contribution is 2.41. The molecule has 3 atom stereocenters. The summed E-state index contributed by atoms with van der Waals surface area (Å²) in [4.78, 5) is 24.3. The predicted molar refractivity (Wildman–Crippen MR) is 112 cm³/mol. The number of benzene rings is 2. The maximum atomic E-state index is 12.6. The molecule has 0 saturated heterocycles. The normalized spacial score (nSPS) is 20.2. The highest BCUT2D eigenvalue weighted by Gasteiger charge is 2.38. The van der Waals surface area contributed by atoms with Gasteiger partial charge in [-0.25, -0.2) is 4.79 Å². The Morgan fingerprint density at radius 3 is 2.45 bits per heavy atom. The van der Waals surface area contributed by atoms with Gasteiger partial charge in [0.1, 0.15) is 12.4 Å². The van der Waals surface area contributed by atoms with E-state index in [-0.39, 0.29) is 24.8 Å². The lowest BCUT2D eigenvalue weighted by Gasteiger charge is -2.34. The molecule has 7 nitrogen and oxygen atoms in total. The lowest BCUT2D eigenvalue weighted by atomic mass is 9.80. The van der Waals surface area contributed by atoms with Gasteiger partial charge in [0.2, 0.25) is 12.0 Å². The molecular weight excluding hydrogens is 400 g/mol. The second-order valence-electron chi connectivity index (χ2n) is 7.15. The number of hydrogen-bond acceptors (Lipinski definition) is 7. The maximum Gasteiger partial charge on any atom is 0.373 e. The number of para-hydroxylation sites is 1. The number of esters is 2. The van der Waals surface area contributed by atoms with Crippen LogP contribution in [0.1, 0.15) is 29.9 Å². The zero-order valence-electron chi connectivity index (χ0n) is 17.5. The van der Waals surface area contributed by atoms with E-state index in [1.165, 1.54) is 7.11 Å². The molecule has 0 aromatic heterocycles. The van der Waals surface area contributed by atoms with Crippen LogP contribution >= 0.6 is 0 Å². The predicted octanol–water partition coefficient (Wildman–Crippen LogP) is 3.32. The number of hydrogen-bond donors (Lipinski definition) is 1. The molecule has 1 aliphatic heterocycles. The summed E-state index contributed by atoms with van der Waals surface area (Å²) in [7, 11) is 2.87. The van der Waals surface area contributed by atoms with Gasteiger partial charge >= 0.3 is 11.9 Å². The summed E-state index contributed by atoms with van der Waals surface area (Å²) in [6.07, 6.45) is 0.734. The van der Waals surface area contributed by atoms with Gasteiger partial charge in [0.15, 0.2) is 0 Å². The van der Waals surface area contributed by atoms with E-state index in [0.29, 0.717) is 12.2 Å². The van der Waals surface area contributed by atoms with Crippen LogP contribution in [0.2, 0.25) is 0 Å². The van der Waals surface area contributed by atoms with Crippen molar-refractivity contribution in [3.8, 4) is 5.75 Å². The maximum absolute atomic E-state index is 12.6. The van der Waals surface area contributed by atoms with Crippen LogP contribution in [0, 0.1) is 5.92 Å². The molecular formula is C24H26O7. The third-order valence-corrected chi connectivity index (χ3v) is 5.23. The summed E-state index contributed by atoms with van der Waals surface area (Å²) in [5, 5.41) is 10.7. The molecule has 0 amide bonds. The van der Waals surface area contributed by atoms with Crippen LogP contribution in [0.4, 0.5) is 0 Å². The van der Waals surface area contributed by atoms with Crippen molar-refractivity contribution in [2.24, 2.45) is 5.92 Å². The second kappa shape index (κ2) is 10.6. The van der Waals surface area contributed by atoms with Crippen LogP contribution in [0.25, 0.3) is 0 Å². The van der Waals surface area contributed by atoms with E-state index in [0.717, 1.165) is 11.1 Å². The third kappa shape index (κ3) is 5.64. The molecule has 0 saturated carbocycles. The van der Waals surface area contributed by atoms with Gasteiger partial charge in [-0.2, -0.15) is 0 Å². The number of carbonyl (C=O) groups is 2. The largest absolute Gasteiger partial charge is 0.496 e. The Balaban J connectivity index is 1.85. The van der Waals surface area contributed by atoms with Gasteiger partial charge < -0.3 is 24.1 Å². The van der Waals surface area contributed by atoms with Crippen LogP contribution in [-0.4, -0.2) is 37.6 Å². The zero-order valence-corrected chi connectivity index (χ0v) is 17.5. The molecule has 3 rings (SSSR count). The zero-order chi connectivity index (χ0) is 22.2. The Bertz CT molecular complexity index is 923. The number of aliphatic hydroxyl groups is 1. The Morgan fingerprint density at radius 1 is 1.03 bits per heavy atom. The van der Waals surface area contributed by atoms with E-state index in [9.17, 15) is 14.7 Å². The molecule has 0 radical (unpaired) electrons. The molecule has 0 spiro atoms. The van der Waals surface area contributed by atoms with Crippen LogP contribution in [0.5, 0.6) is 5.75 Å². The highest BCUT2D eigenvalue weighted by molar-refractivity contribution is 5.86. The summed E-state index contributed by atoms with van der Waals surface area (Å²) in [5.41, 5.74) is 1.61. The highest BCUT2D eigenvalue weighted by atomic mass is 16.6. The molecule has 2 aromatic rings. The Morgan fingerprint density at radius 2 is 1.74 bits per heavy atom. The topological polar surface area (TPSA) is 91.3 Å². The lowest BCUT2D eigenvalue weighted by Crippen LogP contribution is -2.35. The van der Waals surface area contributed by atoms with Crippen molar-refractivity contribution in [1.82, 2.24) is 0 Å². The first-order chi connectivity index (χ1) is 15.0. The van der Waals surface area contributed by atoms with Crippen molar-refractivity contribution in [3.05, 3.63) is 77.6 Å². The molecule has 1 N–H and O–H groups in total. The van der Waals surface area contributed by atoms with Gasteiger partial charge in [-0.3, -0.25) is 4.79 Å². The minimum absolute atomic E-state index is 0.0753. The third-order valence-electron chi connectivity index (χ3n) is 5.23. The van der Waals surface area contributed by atoms with Gasteiger partial charge in [0.25, 0.3) is 0 Å². The quantitative estimate of drug-likeness (QED) is 0.648. The van der Waals surface area contributed by atoms with E-state index >= 15 is 0 Å². The van der Waals surface area contributed by atoms with Gasteiger partial charge in [-0.1, -0.05) is 48.5 Å².